The second-order valence-electron chi connectivity index (χ2n) is 13.4. The van der Waals surface area contributed by atoms with Crippen LogP contribution in [-0.2, 0) is 4.79 Å². The molecule has 2 aliphatic heterocycles. The van der Waals surface area contributed by atoms with Crippen LogP contribution < -0.4 is 9.47 Å². The molecule has 0 aromatic heterocycles. The summed E-state index contributed by atoms with van der Waals surface area (Å²) < 4.78 is 11.7. The number of hydrogen-bond donors (Lipinski definition) is 0. The Labute approximate surface area is 242 Å². The van der Waals surface area contributed by atoms with Gasteiger partial charge in [0.15, 0.2) is 22.7 Å². The lowest BCUT2D eigenvalue weighted by Crippen LogP contribution is -2.55. The summed E-state index contributed by atoms with van der Waals surface area (Å²) in [6.07, 6.45) is 10.5. The number of rotatable bonds is 6. The molecule has 6 aliphatic rings. The van der Waals surface area contributed by atoms with Gasteiger partial charge in [0.05, 0.1) is 37.4 Å². The first-order valence-corrected chi connectivity index (χ1v) is 15.1. The van der Waals surface area contributed by atoms with Crippen LogP contribution in [0.25, 0.3) is 6.08 Å². The predicted octanol–water partition coefficient (Wildman–Crippen LogP) is 6.79. The van der Waals surface area contributed by atoms with Gasteiger partial charge in [-0.25, -0.2) is 0 Å². The molecule has 0 unspecified atom stereocenters. The fourth-order valence-corrected chi connectivity index (χ4v) is 9.62. The van der Waals surface area contributed by atoms with E-state index in [9.17, 15) is 10.5 Å². The number of carbonyl (C=O) groups is 1. The number of methoxy groups -OCH3 is 1. The number of carbonyl (C=O) groups excluding carboxylic acids is 1. The summed E-state index contributed by atoms with van der Waals surface area (Å²) in [5.41, 5.74) is 0.830. The molecule has 4 aliphatic carbocycles. The van der Waals surface area contributed by atoms with Crippen molar-refractivity contribution in [3.63, 3.8) is 0 Å². The lowest BCUT2D eigenvalue weighted by molar-refractivity contribution is -0.148. The van der Waals surface area contributed by atoms with Crippen molar-refractivity contribution >= 4 is 11.9 Å². The van der Waals surface area contributed by atoms with E-state index in [2.05, 4.69) is 17.0 Å². The van der Waals surface area contributed by atoms with Crippen LogP contribution in [0, 0.1) is 51.2 Å². The number of ketones is 1. The Morgan fingerprint density at radius 2 is 1.63 bits per heavy atom. The molecule has 4 bridgehead atoms. The molecule has 6 heteroatoms. The normalized spacial score (nSPS) is 33.6. The summed E-state index contributed by atoms with van der Waals surface area (Å²) in [4.78, 5) is 17.3. The summed E-state index contributed by atoms with van der Waals surface area (Å²) in [7, 11) is 1.60. The van der Waals surface area contributed by atoms with Crippen molar-refractivity contribution in [1.82, 2.24) is 4.90 Å². The van der Waals surface area contributed by atoms with Gasteiger partial charge in [-0.05, 0) is 105 Å². The Morgan fingerprint density at radius 1 is 0.976 bits per heavy atom. The van der Waals surface area contributed by atoms with E-state index in [0.717, 1.165) is 36.0 Å². The van der Waals surface area contributed by atoms with Gasteiger partial charge < -0.3 is 14.4 Å². The molecule has 41 heavy (non-hydrogen) atoms. The van der Waals surface area contributed by atoms with Gasteiger partial charge in [0.1, 0.15) is 0 Å². The molecular weight excluding hydrogens is 510 g/mol. The van der Waals surface area contributed by atoms with E-state index in [1.165, 1.54) is 19.3 Å². The van der Waals surface area contributed by atoms with Gasteiger partial charge in [-0.15, -0.1) is 0 Å². The van der Waals surface area contributed by atoms with Crippen molar-refractivity contribution < 1.29 is 14.3 Å². The maximum absolute atomic E-state index is 15.2. The second-order valence-corrected chi connectivity index (χ2v) is 13.4. The zero-order valence-electron chi connectivity index (χ0n) is 24.0. The Kier molecular flexibility index (Phi) is 5.98. The van der Waals surface area contributed by atoms with Gasteiger partial charge in [0.2, 0.25) is 0 Å². The van der Waals surface area contributed by atoms with E-state index < -0.39 is 23.4 Å². The molecule has 0 spiro atoms. The second kappa shape index (κ2) is 9.38. The molecule has 1 saturated heterocycles. The lowest BCUT2D eigenvalue weighted by Gasteiger charge is -2.57. The summed E-state index contributed by atoms with van der Waals surface area (Å²) >= 11 is 0. The molecule has 2 aromatic carbocycles. The summed E-state index contributed by atoms with van der Waals surface area (Å²) in [6.45, 7) is 3.92. The number of Topliss-reactive ketones (excluding diaryl/α,β-unsaturated/α-hetero) is 1. The van der Waals surface area contributed by atoms with Crippen LogP contribution in [0.2, 0.25) is 0 Å². The van der Waals surface area contributed by atoms with E-state index in [1.807, 2.05) is 68.6 Å². The largest absolute Gasteiger partial charge is 0.493 e. The maximum atomic E-state index is 15.2. The zero-order chi connectivity index (χ0) is 28.5. The Bertz CT molecular complexity index is 1460. The van der Waals surface area contributed by atoms with Crippen LogP contribution in [0.3, 0.4) is 0 Å². The van der Waals surface area contributed by atoms with E-state index in [1.54, 1.807) is 7.11 Å². The van der Waals surface area contributed by atoms with Crippen LogP contribution in [0.4, 0.5) is 0 Å². The first-order chi connectivity index (χ1) is 19.8. The SMILES string of the molecule is COc1cc([C@H]2[C@H](C(=O)C34CC5CC(CC(C5)C3)C4)N3C=Cc4ccccc4[C@H]3C2(C#N)C#N)ccc1OC(C)C. The topological polar surface area (TPSA) is 86.4 Å². The maximum Gasteiger partial charge on any atom is 0.177 e. The van der Waals surface area contributed by atoms with Gasteiger partial charge in [0.25, 0.3) is 0 Å². The molecule has 0 radical (unpaired) electrons. The van der Waals surface area contributed by atoms with Crippen molar-refractivity contribution in [3.8, 4) is 23.6 Å². The van der Waals surface area contributed by atoms with Crippen molar-refractivity contribution in [3.05, 3.63) is 65.4 Å². The molecule has 5 fully saturated rings. The van der Waals surface area contributed by atoms with E-state index in [0.29, 0.717) is 29.3 Å². The number of benzene rings is 2. The number of nitrogens with zero attached hydrogens (tertiary/aromatic N) is 3. The number of hydrogen-bond acceptors (Lipinski definition) is 6. The third-order valence-electron chi connectivity index (χ3n) is 10.7. The smallest absolute Gasteiger partial charge is 0.177 e. The van der Waals surface area contributed by atoms with Gasteiger partial charge in [0, 0.05) is 17.5 Å². The quantitative estimate of drug-likeness (QED) is 0.396. The number of ether oxygens (including phenoxy) is 2. The van der Waals surface area contributed by atoms with Gasteiger partial charge >= 0.3 is 0 Å². The molecule has 3 atom stereocenters. The highest BCUT2D eigenvalue weighted by Gasteiger charge is 2.67. The zero-order valence-corrected chi connectivity index (χ0v) is 24.0. The monoisotopic (exact) mass is 547 g/mol. The molecular formula is C35H37N3O3. The molecule has 0 amide bonds. The summed E-state index contributed by atoms with van der Waals surface area (Å²) in [5, 5.41) is 21.9. The van der Waals surface area contributed by atoms with Crippen LogP contribution in [0.1, 0.15) is 81.0 Å². The predicted molar refractivity (Wildman–Crippen MR) is 155 cm³/mol. The molecule has 4 saturated carbocycles. The number of nitriles is 2. The molecule has 8 rings (SSSR count). The minimum Gasteiger partial charge on any atom is -0.493 e. The average Bonchev–Trinajstić information content (AvgIpc) is 3.27. The van der Waals surface area contributed by atoms with Gasteiger partial charge in [-0.3, -0.25) is 4.79 Å². The van der Waals surface area contributed by atoms with Crippen LogP contribution in [0.15, 0.2) is 48.7 Å². The average molecular weight is 548 g/mol. The molecule has 2 aromatic rings. The highest BCUT2D eigenvalue weighted by Crippen LogP contribution is 2.65. The van der Waals surface area contributed by atoms with Crippen LogP contribution >= 0.6 is 0 Å². The molecule has 2 heterocycles. The van der Waals surface area contributed by atoms with Gasteiger partial charge in [-0.2, -0.15) is 10.5 Å². The fraction of sp³-hybridized carbons (Fsp3) is 0.514. The summed E-state index contributed by atoms with van der Waals surface area (Å²) in [5.74, 6) is 2.57. The van der Waals surface area contributed by atoms with Crippen molar-refractivity contribution in [2.45, 2.75) is 76.5 Å². The molecule has 0 N–H and O–H groups in total. The van der Waals surface area contributed by atoms with Gasteiger partial charge in [-0.1, -0.05) is 30.3 Å². The first-order valence-electron chi connectivity index (χ1n) is 15.1. The Morgan fingerprint density at radius 3 is 2.24 bits per heavy atom. The standard InChI is InChI=1S/C35H37N3O3/c1-21(2)41-28-9-8-26(15-29(28)40-3)30-31(33(39)34-16-22-12-23(17-34)14-24(13-22)18-34)38-11-10-25-6-4-5-7-27(25)32(38)35(30,19-36)20-37/h4-11,15,21-24,30-32H,12-14,16-18H2,1-3H3/t22?,23?,24?,30-,31+,32-,34?/m0/s1. The van der Waals surface area contributed by atoms with E-state index in [-0.39, 0.29) is 17.3 Å². The fourth-order valence-electron chi connectivity index (χ4n) is 9.62. The Hall–Kier alpha value is -3.77. The Balaban J connectivity index is 1.42. The van der Waals surface area contributed by atoms with Crippen molar-refractivity contribution in [2.24, 2.45) is 28.6 Å². The highest BCUT2D eigenvalue weighted by molar-refractivity contribution is 5.93. The lowest BCUT2D eigenvalue weighted by atomic mass is 9.47. The highest BCUT2D eigenvalue weighted by atomic mass is 16.5. The van der Waals surface area contributed by atoms with Crippen LogP contribution in [-0.4, -0.2) is 29.9 Å². The molecule has 6 nitrogen and oxygen atoms in total. The van der Waals surface area contributed by atoms with Crippen molar-refractivity contribution in [1.29, 1.82) is 10.5 Å². The summed E-state index contributed by atoms with van der Waals surface area (Å²) in [6, 6.07) is 17.5. The van der Waals surface area contributed by atoms with E-state index in [4.69, 9.17) is 9.47 Å². The first kappa shape index (κ1) is 26.1. The third kappa shape index (κ3) is 3.76. The minimum atomic E-state index is -1.48. The number of fused-ring (bicyclic) bond motifs is 3. The minimum absolute atomic E-state index is 0.0421. The molecule has 210 valence electrons. The van der Waals surface area contributed by atoms with E-state index >= 15 is 4.79 Å². The third-order valence-corrected chi connectivity index (χ3v) is 10.7. The van der Waals surface area contributed by atoms with Crippen LogP contribution in [0.5, 0.6) is 11.5 Å². The van der Waals surface area contributed by atoms with Crippen molar-refractivity contribution in [2.75, 3.05) is 7.11 Å².